The highest BCUT2D eigenvalue weighted by molar-refractivity contribution is 7.14. The van der Waals surface area contributed by atoms with Gasteiger partial charge >= 0.3 is 11.9 Å². The molecule has 3 aromatic rings. The molecule has 2 N–H and O–H groups in total. The second-order valence-corrected chi connectivity index (χ2v) is 10.6. The number of thiophene rings is 2. The van der Waals surface area contributed by atoms with Gasteiger partial charge < -0.3 is 10.2 Å². The quantitative estimate of drug-likeness (QED) is 0.218. The predicted molar refractivity (Wildman–Crippen MR) is 143 cm³/mol. The number of carboxylic acid groups (broad SMARTS) is 2. The Bertz CT molecular complexity index is 1020. The third-order valence-corrected chi connectivity index (χ3v) is 8.12. The van der Waals surface area contributed by atoms with Crippen LogP contribution < -0.4 is 0 Å². The van der Waals surface area contributed by atoms with Gasteiger partial charge in [-0.25, -0.2) is 9.59 Å². The average Bonchev–Trinajstić information content (AvgIpc) is 3.48. The zero-order valence-electron chi connectivity index (χ0n) is 20.1. The van der Waals surface area contributed by atoms with E-state index in [0.717, 1.165) is 35.4 Å². The molecular formula is C28H34O4S2. The molecule has 0 saturated heterocycles. The number of carboxylic acids is 2. The van der Waals surface area contributed by atoms with E-state index in [4.69, 9.17) is 0 Å². The molecule has 2 aromatic heterocycles. The number of rotatable bonds is 14. The monoisotopic (exact) mass is 498 g/mol. The van der Waals surface area contributed by atoms with E-state index < -0.39 is 11.9 Å². The van der Waals surface area contributed by atoms with Crippen molar-refractivity contribution in [1.29, 1.82) is 0 Å². The Morgan fingerprint density at radius 3 is 1.41 bits per heavy atom. The number of hydrogen-bond acceptors (Lipinski definition) is 4. The highest BCUT2D eigenvalue weighted by Gasteiger charge is 2.22. The summed E-state index contributed by atoms with van der Waals surface area (Å²) in [6, 6.07) is 7.13. The Balaban J connectivity index is 1.92. The van der Waals surface area contributed by atoms with E-state index in [1.165, 1.54) is 72.3 Å². The van der Waals surface area contributed by atoms with Gasteiger partial charge in [-0.05, 0) is 71.8 Å². The van der Waals surface area contributed by atoms with E-state index in [2.05, 4.69) is 24.6 Å². The summed E-state index contributed by atoms with van der Waals surface area (Å²) in [5, 5.41) is 24.1. The summed E-state index contributed by atoms with van der Waals surface area (Å²) < 4.78 is 0. The first-order valence-corrected chi connectivity index (χ1v) is 14.0. The highest BCUT2D eigenvalue weighted by atomic mass is 32.1. The molecule has 0 aliphatic rings. The lowest BCUT2D eigenvalue weighted by atomic mass is 9.95. The maximum Gasteiger partial charge on any atom is 0.336 e. The zero-order chi connectivity index (χ0) is 24.5. The van der Waals surface area contributed by atoms with Gasteiger partial charge in [0.05, 0.1) is 11.1 Å². The Hall–Kier alpha value is -2.44. The lowest BCUT2D eigenvalue weighted by molar-refractivity contribution is 0.0682. The fraction of sp³-hybridized carbons (Fsp3) is 0.429. The molecule has 0 radical (unpaired) electrons. The number of benzene rings is 1. The Morgan fingerprint density at radius 1 is 0.647 bits per heavy atom. The first-order chi connectivity index (χ1) is 16.4. The molecule has 34 heavy (non-hydrogen) atoms. The topological polar surface area (TPSA) is 74.6 Å². The summed E-state index contributed by atoms with van der Waals surface area (Å²) in [5.74, 6) is -2.08. The summed E-state index contributed by atoms with van der Waals surface area (Å²) in [7, 11) is 0. The summed E-state index contributed by atoms with van der Waals surface area (Å²) >= 11 is 2.97. The number of carbonyl (C=O) groups is 2. The Labute approximate surface area is 210 Å². The van der Waals surface area contributed by atoms with Crippen molar-refractivity contribution in [3.8, 4) is 20.9 Å². The van der Waals surface area contributed by atoms with Crippen LogP contribution in [0.3, 0.4) is 0 Å². The minimum absolute atomic E-state index is 0.150. The third-order valence-electron chi connectivity index (χ3n) is 6.09. The van der Waals surface area contributed by atoms with Crippen LogP contribution in [-0.4, -0.2) is 22.2 Å². The van der Waals surface area contributed by atoms with Gasteiger partial charge in [-0.3, -0.25) is 0 Å². The van der Waals surface area contributed by atoms with Crippen LogP contribution in [0.4, 0.5) is 0 Å². The predicted octanol–water partition coefficient (Wildman–Crippen LogP) is 8.79. The maximum atomic E-state index is 12.2. The van der Waals surface area contributed by atoms with Crippen molar-refractivity contribution in [1.82, 2.24) is 0 Å². The van der Waals surface area contributed by atoms with Crippen molar-refractivity contribution in [2.24, 2.45) is 0 Å². The van der Waals surface area contributed by atoms with Crippen molar-refractivity contribution in [2.75, 3.05) is 0 Å². The normalized spacial score (nSPS) is 11.1. The molecule has 0 aliphatic heterocycles. The first-order valence-electron chi connectivity index (χ1n) is 12.2. The summed E-state index contributed by atoms with van der Waals surface area (Å²) in [5.41, 5.74) is 3.62. The molecule has 1 aromatic carbocycles. The highest BCUT2D eigenvalue weighted by Crippen LogP contribution is 2.38. The van der Waals surface area contributed by atoms with Crippen molar-refractivity contribution in [3.05, 3.63) is 57.3 Å². The zero-order valence-corrected chi connectivity index (χ0v) is 21.7. The smallest absolute Gasteiger partial charge is 0.336 e. The lowest BCUT2D eigenvalue weighted by Crippen LogP contribution is -2.05. The van der Waals surface area contributed by atoms with Gasteiger partial charge in [0, 0.05) is 20.9 Å². The number of aryl methyl sites for hydroxylation is 2. The van der Waals surface area contributed by atoms with Gasteiger partial charge in [0.2, 0.25) is 0 Å². The molecular weight excluding hydrogens is 464 g/mol. The molecule has 3 rings (SSSR count). The van der Waals surface area contributed by atoms with Crippen LogP contribution in [0, 0.1) is 0 Å². The fourth-order valence-corrected chi connectivity index (χ4v) is 6.13. The fourth-order valence-electron chi connectivity index (χ4n) is 4.17. The molecule has 0 bridgehead atoms. The molecule has 0 aliphatic carbocycles. The molecule has 182 valence electrons. The van der Waals surface area contributed by atoms with E-state index >= 15 is 0 Å². The van der Waals surface area contributed by atoms with Gasteiger partial charge in [0.15, 0.2) is 0 Å². The van der Waals surface area contributed by atoms with Crippen LogP contribution in [0.5, 0.6) is 0 Å². The van der Waals surface area contributed by atoms with Gasteiger partial charge in [-0.1, -0.05) is 52.4 Å². The molecule has 0 fully saturated rings. The van der Waals surface area contributed by atoms with Crippen LogP contribution >= 0.6 is 22.7 Å². The van der Waals surface area contributed by atoms with Crippen LogP contribution in [0.25, 0.3) is 20.9 Å². The van der Waals surface area contributed by atoms with Gasteiger partial charge in [-0.2, -0.15) is 0 Å². The molecule has 0 spiro atoms. The van der Waals surface area contributed by atoms with Crippen LogP contribution in [0.2, 0.25) is 0 Å². The molecule has 6 heteroatoms. The van der Waals surface area contributed by atoms with Crippen molar-refractivity contribution in [3.63, 3.8) is 0 Å². The average molecular weight is 499 g/mol. The number of unbranched alkanes of at least 4 members (excludes halogenated alkanes) is 6. The Morgan fingerprint density at radius 2 is 1.06 bits per heavy atom. The van der Waals surface area contributed by atoms with Crippen LogP contribution in [0.1, 0.15) is 97.1 Å². The van der Waals surface area contributed by atoms with E-state index in [-0.39, 0.29) is 11.1 Å². The van der Waals surface area contributed by atoms with Crippen LogP contribution in [0.15, 0.2) is 35.0 Å². The largest absolute Gasteiger partial charge is 0.478 e. The van der Waals surface area contributed by atoms with Gasteiger partial charge in [0.25, 0.3) is 0 Å². The minimum Gasteiger partial charge on any atom is -0.478 e. The minimum atomic E-state index is -1.04. The van der Waals surface area contributed by atoms with E-state index in [9.17, 15) is 19.8 Å². The standard InChI is InChI=1S/C28H34O4S2/c1-3-5-7-9-11-19-13-25(33-17-19)21-15-24(28(31)32)22(16-23(21)27(29)30)26-14-20(18-34-26)12-10-8-6-4-2/h13-18H,3-12H2,1-2H3,(H,29,30)(H,31,32). The van der Waals surface area contributed by atoms with E-state index in [1.807, 2.05) is 12.1 Å². The molecule has 0 unspecified atom stereocenters. The van der Waals surface area contributed by atoms with Gasteiger partial charge in [-0.15, -0.1) is 22.7 Å². The Kier molecular flexibility index (Phi) is 9.90. The van der Waals surface area contributed by atoms with Crippen molar-refractivity contribution >= 4 is 34.6 Å². The third kappa shape index (κ3) is 6.80. The summed E-state index contributed by atoms with van der Waals surface area (Å²) in [6.45, 7) is 4.37. The molecule has 2 heterocycles. The molecule has 0 atom stereocenters. The van der Waals surface area contributed by atoms with E-state index in [0.29, 0.717) is 11.1 Å². The first kappa shape index (κ1) is 26.2. The number of hydrogen-bond donors (Lipinski definition) is 2. The summed E-state index contributed by atoms with van der Waals surface area (Å²) in [4.78, 5) is 26.0. The molecule has 0 saturated carbocycles. The second kappa shape index (κ2) is 12.9. The SMILES string of the molecule is CCCCCCc1csc(-c2cc(C(=O)O)c(-c3cc(CCCCCC)cs3)cc2C(=O)O)c1. The molecule has 0 amide bonds. The van der Waals surface area contributed by atoms with Crippen LogP contribution in [-0.2, 0) is 12.8 Å². The van der Waals surface area contributed by atoms with E-state index in [1.54, 1.807) is 12.1 Å². The number of aromatic carboxylic acids is 2. The summed E-state index contributed by atoms with van der Waals surface area (Å²) in [6.07, 6.45) is 11.3. The lowest BCUT2D eigenvalue weighted by Gasteiger charge is -2.11. The van der Waals surface area contributed by atoms with Crippen molar-refractivity contribution in [2.45, 2.75) is 78.1 Å². The van der Waals surface area contributed by atoms with Gasteiger partial charge in [0.1, 0.15) is 0 Å². The molecule has 4 nitrogen and oxygen atoms in total. The maximum absolute atomic E-state index is 12.2. The second-order valence-electron chi connectivity index (χ2n) is 8.81. The van der Waals surface area contributed by atoms with Crippen molar-refractivity contribution < 1.29 is 19.8 Å².